The van der Waals surface area contributed by atoms with E-state index in [1.165, 1.54) is 6.07 Å². The highest BCUT2D eigenvalue weighted by atomic mass is 35.5. The first-order valence-electron chi connectivity index (χ1n) is 8.59. The van der Waals surface area contributed by atoms with E-state index in [-0.39, 0.29) is 12.2 Å². The number of para-hydroxylation sites is 1. The molecule has 0 amide bonds. The van der Waals surface area contributed by atoms with Gasteiger partial charge in [-0.1, -0.05) is 35.3 Å². The molecule has 2 rings (SSSR count). The Balaban J connectivity index is 1.91. The van der Waals surface area contributed by atoms with E-state index >= 15 is 0 Å². The van der Waals surface area contributed by atoms with Crippen molar-refractivity contribution in [1.29, 1.82) is 0 Å². The summed E-state index contributed by atoms with van der Waals surface area (Å²) in [7, 11) is 0. The van der Waals surface area contributed by atoms with Crippen LogP contribution in [0, 0.1) is 0 Å². The summed E-state index contributed by atoms with van der Waals surface area (Å²) in [5.41, 5.74) is 6.44. The van der Waals surface area contributed by atoms with Crippen LogP contribution >= 0.6 is 23.2 Å². The summed E-state index contributed by atoms with van der Waals surface area (Å²) < 4.78 is 16.2. The normalized spacial score (nSPS) is 10.7. The van der Waals surface area contributed by atoms with E-state index in [0.717, 1.165) is 0 Å². The predicted molar refractivity (Wildman–Crippen MR) is 109 cm³/mol. The van der Waals surface area contributed by atoms with Gasteiger partial charge in [-0.2, -0.15) is 0 Å². The number of carbonyl (C=O) groups is 1. The Bertz CT molecular complexity index is 766. The second-order valence-electron chi connectivity index (χ2n) is 5.61. The van der Waals surface area contributed by atoms with E-state index in [1.807, 2.05) is 0 Å². The van der Waals surface area contributed by atoms with Gasteiger partial charge in [-0.05, 0) is 24.3 Å². The van der Waals surface area contributed by atoms with E-state index in [4.69, 9.17) is 43.1 Å². The molecule has 2 aromatic carbocycles. The molecule has 0 aliphatic rings. The average molecular weight is 429 g/mol. The molecule has 0 aromatic heterocycles. The fourth-order valence-corrected chi connectivity index (χ4v) is 2.91. The topological polar surface area (TPSA) is 103 Å². The number of nitrogens with one attached hydrogen (secondary N) is 1. The minimum absolute atomic E-state index is 0.141. The molecule has 0 saturated carbocycles. The molecule has 28 heavy (non-hydrogen) atoms. The molecule has 0 aliphatic carbocycles. The zero-order chi connectivity index (χ0) is 20.4. The van der Waals surface area contributed by atoms with Gasteiger partial charge in [0, 0.05) is 12.2 Å². The van der Waals surface area contributed by atoms with Crippen LogP contribution in [-0.2, 0) is 9.47 Å². The van der Waals surface area contributed by atoms with Crippen LogP contribution in [0.1, 0.15) is 10.4 Å². The number of ether oxygens (including phenoxy) is 3. The van der Waals surface area contributed by atoms with Crippen LogP contribution in [0.2, 0.25) is 10.0 Å². The maximum atomic E-state index is 11.3. The molecule has 0 fully saturated rings. The molecular weight excluding hydrogens is 407 g/mol. The fourth-order valence-electron chi connectivity index (χ4n) is 2.31. The molecule has 2 aromatic rings. The zero-order valence-electron chi connectivity index (χ0n) is 15.1. The van der Waals surface area contributed by atoms with Crippen LogP contribution in [0.15, 0.2) is 36.4 Å². The van der Waals surface area contributed by atoms with Gasteiger partial charge in [0.15, 0.2) is 5.75 Å². The van der Waals surface area contributed by atoms with Crippen molar-refractivity contribution in [1.82, 2.24) is 0 Å². The maximum Gasteiger partial charge on any atom is 0.337 e. The van der Waals surface area contributed by atoms with Crippen molar-refractivity contribution in [2.24, 2.45) is 5.73 Å². The highest BCUT2D eigenvalue weighted by Gasteiger charge is 2.13. The highest BCUT2D eigenvalue weighted by Crippen LogP contribution is 2.37. The summed E-state index contributed by atoms with van der Waals surface area (Å²) in [4.78, 5) is 11.3. The zero-order valence-corrected chi connectivity index (χ0v) is 16.6. The van der Waals surface area contributed by atoms with Crippen LogP contribution in [-0.4, -0.2) is 50.7 Å². The number of hydrogen-bond acceptors (Lipinski definition) is 6. The third-order valence-corrected chi connectivity index (χ3v) is 4.10. The third-order valence-electron chi connectivity index (χ3n) is 3.54. The Morgan fingerprint density at radius 2 is 1.61 bits per heavy atom. The minimum atomic E-state index is -1.03. The van der Waals surface area contributed by atoms with Gasteiger partial charge >= 0.3 is 5.97 Å². The quantitative estimate of drug-likeness (QED) is 0.441. The predicted octanol–water partition coefficient (Wildman–Crippen LogP) is 3.81. The number of halogens is 2. The molecule has 0 saturated heterocycles. The molecule has 4 N–H and O–H groups in total. The third kappa shape index (κ3) is 6.85. The van der Waals surface area contributed by atoms with Crippen molar-refractivity contribution >= 4 is 40.5 Å². The molecule has 0 aliphatic heterocycles. The van der Waals surface area contributed by atoms with Gasteiger partial charge in [-0.25, -0.2) is 4.79 Å². The molecule has 0 atom stereocenters. The standard InChI is InChI=1S/C19H22Cl2N2O5/c20-15-11-13(23-17-4-2-1-3-14(17)19(24)25)12-16(21)18(15)28-10-9-27-8-7-26-6-5-22/h1-4,11-12,23H,5-10,22H2,(H,24,25). The molecule has 0 heterocycles. The van der Waals surface area contributed by atoms with Crippen molar-refractivity contribution in [3.05, 3.63) is 52.0 Å². The fraction of sp³-hybridized carbons (Fsp3) is 0.316. The largest absolute Gasteiger partial charge is 0.488 e. The first kappa shape index (κ1) is 22.3. The smallest absolute Gasteiger partial charge is 0.337 e. The minimum Gasteiger partial charge on any atom is -0.488 e. The van der Waals surface area contributed by atoms with Crippen molar-refractivity contribution in [3.8, 4) is 5.75 Å². The molecule has 0 spiro atoms. The van der Waals surface area contributed by atoms with E-state index in [9.17, 15) is 9.90 Å². The van der Waals surface area contributed by atoms with Gasteiger partial charge in [0.25, 0.3) is 0 Å². The van der Waals surface area contributed by atoms with Crippen LogP contribution in [0.3, 0.4) is 0 Å². The highest BCUT2D eigenvalue weighted by molar-refractivity contribution is 6.37. The summed E-state index contributed by atoms with van der Waals surface area (Å²) in [6.45, 7) is 2.51. The van der Waals surface area contributed by atoms with Crippen molar-refractivity contribution < 1.29 is 24.1 Å². The first-order chi connectivity index (χ1) is 13.5. The Morgan fingerprint density at radius 1 is 1.00 bits per heavy atom. The maximum absolute atomic E-state index is 11.3. The van der Waals surface area contributed by atoms with E-state index in [1.54, 1.807) is 30.3 Å². The Morgan fingerprint density at radius 3 is 2.25 bits per heavy atom. The van der Waals surface area contributed by atoms with Crippen LogP contribution in [0.4, 0.5) is 11.4 Å². The summed E-state index contributed by atoms with van der Waals surface area (Å²) in [6, 6.07) is 9.77. The Kier molecular flexibility index (Phi) is 9.33. The van der Waals surface area contributed by atoms with Gasteiger partial charge in [0.05, 0.1) is 47.7 Å². The Hall–Kier alpha value is -2.03. The lowest BCUT2D eigenvalue weighted by atomic mass is 10.1. The molecule has 7 nitrogen and oxygen atoms in total. The lowest BCUT2D eigenvalue weighted by Gasteiger charge is -2.14. The lowest BCUT2D eigenvalue weighted by Crippen LogP contribution is -2.14. The van der Waals surface area contributed by atoms with E-state index in [2.05, 4.69) is 5.32 Å². The lowest BCUT2D eigenvalue weighted by molar-refractivity contribution is 0.0388. The van der Waals surface area contributed by atoms with Crippen molar-refractivity contribution in [2.75, 3.05) is 44.9 Å². The van der Waals surface area contributed by atoms with Crippen molar-refractivity contribution in [2.45, 2.75) is 0 Å². The summed E-state index contributed by atoms with van der Waals surface area (Å²) in [5, 5.41) is 12.9. The van der Waals surface area contributed by atoms with Crippen LogP contribution in [0.5, 0.6) is 5.75 Å². The number of carboxylic acids is 1. The van der Waals surface area contributed by atoms with Gasteiger partial charge in [0.1, 0.15) is 6.61 Å². The summed E-state index contributed by atoms with van der Waals surface area (Å²) in [5.74, 6) is -0.697. The van der Waals surface area contributed by atoms with Crippen molar-refractivity contribution in [3.63, 3.8) is 0 Å². The molecule has 152 valence electrons. The number of rotatable bonds is 12. The number of carboxylic acid groups (broad SMARTS) is 1. The van der Waals surface area contributed by atoms with E-state index < -0.39 is 5.97 Å². The molecule has 9 heteroatoms. The van der Waals surface area contributed by atoms with Gasteiger partial charge in [-0.3, -0.25) is 0 Å². The average Bonchev–Trinajstić information content (AvgIpc) is 2.66. The number of aromatic carboxylic acids is 1. The first-order valence-corrected chi connectivity index (χ1v) is 9.35. The Labute approximate surface area is 173 Å². The molecule has 0 bridgehead atoms. The monoisotopic (exact) mass is 428 g/mol. The summed E-state index contributed by atoms with van der Waals surface area (Å²) in [6.07, 6.45) is 0. The van der Waals surface area contributed by atoms with Gasteiger partial charge < -0.3 is 30.4 Å². The second-order valence-corrected chi connectivity index (χ2v) is 6.42. The molecular formula is C19H22Cl2N2O5. The number of anilines is 2. The SMILES string of the molecule is NCCOCCOCCOc1c(Cl)cc(Nc2ccccc2C(=O)O)cc1Cl. The summed E-state index contributed by atoms with van der Waals surface area (Å²) >= 11 is 12.5. The number of nitrogens with two attached hydrogens (primary N) is 1. The number of benzene rings is 2. The van der Waals surface area contributed by atoms with Gasteiger partial charge in [0.2, 0.25) is 0 Å². The van der Waals surface area contributed by atoms with Gasteiger partial charge in [-0.15, -0.1) is 0 Å². The number of hydrogen-bond donors (Lipinski definition) is 3. The van der Waals surface area contributed by atoms with Crippen LogP contribution in [0.25, 0.3) is 0 Å². The van der Waals surface area contributed by atoms with E-state index in [0.29, 0.717) is 60.1 Å². The molecule has 0 unspecified atom stereocenters. The van der Waals surface area contributed by atoms with Crippen LogP contribution < -0.4 is 15.8 Å². The molecule has 0 radical (unpaired) electrons. The second kappa shape index (κ2) is 11.7.